The van der Waals surface area contributed by atoms with Crippen LogP contribution in [-0.4, -0.2) is 40.6 Å². The summed E-state index contributed by atoms with van der Waals surface area (Å²) < 4.78 is 41.8. The predicted molar refractivity (Wildman–Crippen MR) is 95.6 cm³/mol. The first kappa shape index (κ1) is 17.4. The van der Waals surface area contributed by atoms with Gasteiger partial charge in [-0.15, -0.1) is 6.42 Å². The zero-order valence-electron chi connectivity index (χ0n) is 13.7. The van der Waals surface area contributed by atoms with Gasteiger partial charge in [0, 0.05) is 12.6 Å². The highest BCUT2D eigenvalue weighted by Gasteiger charge is 2.46. The van der Waals surface area contributed by atoms with Gasteiger partial charge in [-0.25, -0.2) is 4.90 Å². The average molecular weight is 392 g/mol. The van der Waals surface area contributed by atoms with E-state index in [0.29, 0.717) is 22.0 Å². The Morgan fingerprint density at radius 2 is 2.07 bits per heavy atom. The van der Waals surface area contributed by atoms with Gasteiger partial charge < -0.3 is 4.90 Å². The van der Waals surface area contributed by atoms with E-state index in [1.165, 1.54) is 4.57 Å². The molecule has 0 unspecified atom stereocenters. The Kier molecular flexibility index (Phi) is 3.85. The number of hydrogen-bond donors (Lipinski definition) is 0. The zero-order valence-corrected chi connectivity index (χ0v) is 14.5. The largest absolute Gasteiger partial charge is 0.431 e. The van der Waals surface area contributed by atoms with Crippen LogP contribution in [0.1, 0.15) is 0 Å². The number of terminal acetylenes is 1. The third kappa shape index (κ3) is 2.71. The van der Waals surface area contributed by atoms with Crippen molar-refractivity contribution < 1.29 is 18.0 Å². The van der Waals surface area contributed by atoms with Crippen LogP contribution < -0.4 is 9.77 Å². The number of benzene rings is 1. The molecule has 0 saturated carbocycles. The monoisotopic (exact) mass is 392 g/mol. The van der Waals surface area contributed by atoms with Gasteiger partial charge in [0.1, 0.15) is 5.70 Å². The number of aromatic nitrogens is 1. The Hall–Kier alpha value is -3.06. The summed E-state index contributed by atoms with van der Waals surface area (Å²) in [6, 6.07) is 4.77. The standard InChI is InChI=1S/C17H11F3N4O2S/c1-2-6-22-11-8-10(3-4-12(11)27-16(22)26)24-14(25)9-13(17(18,19)20)23-7-5-21-15(23)24/h1,3-4,8-9H,5-7H2. The number of guanidine groups is 1. The highest BCUT2D eigenvalue weighted by molar-refractivity contribution is 7.16. The molecule has 0 aliphatic carbocycles. The van der Waals surface area contributed by atoms with Crippen molar-refractivity contribution in [2.75, 3.05) is 18.0 Å². The second-order valence-electron chi connectivity index (χ2n) is 5.84. The lowest BCUT2D eigenvalue weighted by Gasteiger charge is -2.35. The number of aliphatic imine (C=N–C) groups is 1. The molecule has 1 amide bonds. The third-order valence-electron chi connectivity index (χ3n) is 4.24. The van der Waals surface area contributed by atoms with Crippen molar-refractivity contribution in [3.05, 3.63) is 39.6 Å². The molecule has 0 atom stereocenters. The first-order valence-electron chi connectivity index (χ1n) is 7.83. The number of nitrogens with zero attached hydrogens (tertiary/aromatic N) is 4. The number of rotatable bonds is 2. The topological polar surface area (TPSA) is 57.9 Å². The molecular formula is C17H11F3N4O2S. The van der Waals surface area contributed by atoms with Crippen LogP contribution in [0.5, 0.6) is 0 Å². The number of alkyl halides is 3. The highest BCUT2D eigenvalue weighted by Crippen LogP contribution is 2.35. The summed E-state index contributed by atoms with van der Waals surface area (Å²) >= 11 is 1.01. The molecule has 0 fully saturated rings. The number of hydrogen-bond acceptors (Lipinski definition) is 5. The van der Waals surface area contributed by atoms with Gasteiger partial charge in [0.2, 0.25) is 5.96 Å². The molecule has 6 nitrogen and oxygen atoms in total. The number of carbonyl (C=O) groups excluding carboxylic acids is 1. The van der Waals surface area contributed by atoms with Gasteiger partial charge in [-0.2, -0.15) is 13.2 Å². The summed E-state index contributed by atoms with van der Waals surface area (Å²) in [5.74, 6) is 1.47. The predicted octanol–water partition coefficient (Wildman–Crippen LogP) is 2.16. The Morgan fingerprint density at radius 1 is 1.30 bits per heavy atom. The molecular weight excluding hydrogens is 381 g/mol. The summed E-state index contributed by atoms with van der Waals surface area (Å²) in [6.07, 6.45) is 1.21. The molecule has 4 rings (SSSR count). The lowest BCUT2D eigenvalue weighted by molar-refractivity contribution is -0.119. The van der Waals surface area contributed by atoms with Gasteiger partial charge in [-0.05, 0) is 18.2 Å². The van der Waals surface area contributed by atoms with E-state index < -0.39 is 17.8 Å². The van der Waals surface area contributed by atoms with Crippen molar-refractivity contribution in [1.82, 2.24) is 9.47 Å². The van der Waals surface area contributed by atoms with E-state index in [2.05, 4.69) is 10.9 Å². The molecule has 2 aromatic rings. The SMILES string of the molecule is C#CCn1c(=O)sc2ccc(N3C(=O)C=C(C(F)(F)F)N4CCN=C43)cc21. The molecule has 138 valence electrons. The molecule has 0 saturated heterocycles. The second-order valence-corrected chi connectivity index (χ2v) is 6.84. The molecule has 0 spiro atoms. The van der Waals surface area contributed by atoms with Crippen molar-refractivity contribution >= 4 is 39.1 Å². The molecule has 0 bridgehead atoms. The fourth-order valence-corrected chi connectivity index (χ4v) is 3.99. The normalized spacial score (nSPS) is 17.0. The second kappa shape index (κ2) is 5.99. The molecule has 0 N–H and O–H groups in total. The van der Waals surface area contributed by atoms with Gasteiger partial charge in [-0.1, -0.05) is 17.3 Å². The zero-order chi connectivity index (χ0) is 19.3. The van der Waals surface area contributed by atoms with Crippen LogP contribution in [-0.2, 0) is 11.3 Å². The number of allylic oxidation sites excluding steroid dienone is 1. The Bertz CT molecular complexity index is 1120. The number of carbonyl (C=O) groups is 1. The number of fused-ring (bicyclic) bond motifs is 2. The van der Waals surface area contributed by atoms with E-state index in [1.807, 2.05) is 0 Å². The molecule has 2 aliphatic heterocycles. The van der Waals surface area contributed by atoms with Gasteiger partial charge in [0.15, 0.2) is 0 Å². The van der Waals surface area contributed by atoms with Crippen LogP contribution in [0.4, 0.5) is 18.9 Å². The summed E-state index contributed by atoms with van der Waals surface area (Å²) in [5, 5.41) is 0. The van der Waals surface area contributed by atoms with Crippen molar-refractivity contribution in [3.8, 4) is 12.3 Å². The molecule has 0 radical (unpaired) electrons. The molecule has 10 heteroatoms. The van der Waals surface area contributed by atoms with E-state index >= 15 is 0 Å². The lowest BCUT2D eigenvalue weighted by atomic mass is 10.2. The highest BCUT2D eigenvalue weighted by atomic mass is 32.1. The van der Waals surface area contributed by atoms with Crippen molar-refractivity contribution in [1.29, 1.82) is 0 Å². The van der Waals surface area contributed by atoms with Gasteiger partial charge >= 0.3 is 11.0 Å². The number of amides is 1. The fourth-order valence-electron chi connectivity index (χ4n) is 3.12. The lowest BCUT2D eigenvalue weighted by Crippen LogP contribution is -2.51. The quantitative estimate of drug-likeness (QED) is 0.736. The van der Waals surface area contributed by atoms with E-state index in [-0.39, 0.29) is 30.5 Å². The van der Waals surface area contributed by atoms with Crippen LogP contribution in [0, 0.1) is 12.3 Å². The minimum atomic E-state index is -4.66. The van der Waals surface area contributed by atoms with Gasteiger partial charge in [0.25, 0.3) is 5.91 Å². The smallest absolute Gasteiger partial charge is 0.305 e. The Morgan fingerprint density at radius 3 is 2.78 bits per heavy atom. The van der Waals surface area contributed by atoms with E-state index in [1.54, 1.807) is 18.2 Å². The van der Waals surface area contributed by atoms with Crippen LogP contribution in [0.15, 0.2) is 39.8 Å². The fraction of sp³-hybridized carbons (Fsp3) is 0.235. The van der Waals surface area contributed by atoms with Crippen molar-refractivity contribution in [3.63, 3.8) is 0 Å². The number of halogens is 3. The first-order valence-corrected chi connectivity index (χ1v) is 8.65. The molecule has 27 heavy (non-hydrogen) atoms. The maximum atomic E-state index is 13.2. The van der Waals surface area contributed by atoms with E-state index in [0.717, 1.165) is 21.1 Å². The Balaban J connectivity index is 1.85. The minimum Gasteiger partial charge on any atom is -0.305 e. The van der Waals surface area contributed by atoms with Crippen LogP contribution in [0.3, 0.4) is 0 Å². The first-order chi connectivity index (χ1) is 12.8. The summed E-state index contributed by atoms with van der Waals surface area (Å²) in [5.41, 5.74) is -0.191. The average Bonchev–Trinajstić information content (AvgIpc) is 3.18. The van der Waals surface area contributed by atoms with Gasteiger partial charge in [-0.3, -0.25) is 19.1 Å². The van der Waals surface area contributed by atoms with Crippen LogP contribution in [0.2, 0.25) is 0 Å². The summed E-state index contributed by atoms with van der Waals surface area (Å²) in [4.78, 5) is 30.5. The number of thiazole rings is 1. The summed E-state index contributed by atoms with van der Waals surface area (Å²) in [6.45, 7) is 0.239. The maximum Gasteiger partial charge on any atom is 0.431 e. The van der Waals surface area contributed by atoms with Crippen LogP contribution >= 0.6 is 11.3 Å². The van der Waals surface area contributed by atoms with Crippen molar-refractivity contribution in [2.45, 2.75) is 12.7 Å². The van der Waals surface area contributed by atoms with Gasteiger partial charge in [0.05, 0.1) is 29.0 Å². The summed E-state index contributed by atoms with van der Waals surface area (Å²) in [7, 11) is 0. The molecule has 2 aliphatic rings. The molecule has 1 aromatic heterocycles. The third-order valence-corrected chi connectivity index (χ3v) is 5.20. The Labute approximate surface area is 154 Å². The van der Waals surface area contributed by atoms with E-state index in [4.69, 9.17) is 6.42 Å². The maximum absolute atomic E-state index is 13.2. The van der Waals surface area contributed by atoms with E-state index in [9.17, 15) is 22.8 Å². The molecule has 1 aromatic carbocycles. The van der Waals surface area contributed by atoms with Crippen LogP contribution in [0.25, 0.3) is 10.2 Å². The minimum absolute atomic E-state index is 0.0347. The number of anilines is 1. The van der Waals surface area contributed by atoms with Crippen molar-refractivity contribution in [2.24, 2.45) is 4.99 Å². The molecule has 3 heterocycles.